The molecule has 1 aliphatic carbocycles. The molecular formula is C27H24BrNO2. The number of fused-ring (bicyclic) bond motifs is 1. The molecular weight excluding hydrogens is 450 g/mol. The summed E-state index contributed by atoms with van der Waals surface area (Å²) in [7, 11) is 0. The molecule has 1 atom stereocenters. The van der Waals surface area contributed by atoms with Gasteiger partial charge in [0, 0.05) is 34.5 Å². The van der Waals surface area contributed by atoms with Crippen molar-refractivity contribution in [1.29, 1.82) is 0 Å². The number of para-hydroxylation sites is 1. The van der Waals surface area contributed by atoms with Crippen molar-refractivity contribution in [2.75, 3.05) is 4.90 Å². The van der Waals surface area contributed by atoms with Gasteiger partial charge in [-0.15, -0.1) is 0 Å². The molecule has 3 aromatic rings. The van der Waals surface area contributed by atoms with E-state index in [0.717, 1.165) is 37.8 Å². The first-order valence-electron chi connectivity index (χ1n) is 10.7. The normalized spacial score (nSPS) is 20.9. The highest BCUT2D eigenvalue weighted by Gasteiger charge is 2.44. The molecule has 1 aliphatic heterocycles. The van der Waals surface area contributed by atoms with Crippen LogP contribution in [-0.2, 0) is 9.59 Å². The number of amides is 1. The van der Waals surface area contributed by atoms with Gasteiger partial charge >= 0.3 is 0 Å². The number of rotatable bonds is 2. The Morgan fingerprint density at radius 1 is 0.903 bits per heavy atom. The van der Waals surface area contributed by atoms with E-state index in [9.17, 15) is 9.59 Å². The van der Waals surface area contributed by atoms with Crippen LogP contribution in [0.1, 0.15) is 44.6 Å². The van der Waals surface area contributed by atoms with E-state index in [1.807, 2.05) is 36.4 Å². The molecule has 0 fully saturated rings. The van der Waals surface area contributed by atoms with Crippen molar-refractivity contribution in [2.45, 2.75) is 39.0 Å². The zero-order valence-corrected chi connectivity index (χ0v) is 19.3. The van der Waals surface area contributed by atoms with Crippen LogP contribution in [0.4, 0.5) is 5.69 Å². The highest BCUT2D eigenvalue weighted by atomic mass is 79.9. The number of anilines is 1. The van der Waals surface area contributed by atoms with E-state index in [-0.39, 0.29) is 23.0 Å². The van der Waals surface area contributed by atoms with Crippen LogP contribution in [0.15, 0.2) is 82.5 Å². The van der Waals surface area contributed by atoms with Gasteiger partial charge in [0.15, 0.2) is 5.78 Å². The second-order valence-electron chi connectivity index (χ2n) is 9.35. The highest BCUT2D eigenvalue weighted by Crippen LogP contribution is 2.49. The van der Waals surface area contributed by atoms with Crippen molar-refractivity contribution in [3.05, 3.63) is 88.0 Å². The van der Waals surface area contributed by atoms with Gasteiger partial charge in [0.2, 0.25) is 5.91 Å². The number of ketones is 1. The fourth-order valence-corrected chi connectivity index (χ4v) is 5.50. The standard InChI is InChI=1S/C27H24BrNO2/c1-27(2)15-23-26(24(30)16-27)20(19-12-11-17-7-3-4-8-18(17)13-19)14-25(31)29(23)22-10-6-5-9-21(22)28/h3-13,20H,14-16H2,1-2H3. The monoisotopic (exact) mass is 473 g/mol. The van der Waals surface area contributed by atoms with E-state index in [1.54, 1.807) is 4.90 Å². The summed E-state index contributed by atoms with van der Waals surface area (Å²) in [6.07, 6.45) is 1.50. The van der Waals surface area contributed by atoms with Crippen LogP contribution in [-0.4, -0.2) is 11.7 Å². The summed E-state index contributed by atoms with van der Waals surface area (Å²) in [5.41, 5.74) is 3.34. The molecule has 4 heteroatoms. The maximum atomic E-state index is 13.5. The van der Waals surface area contributed by atoms with Crippen molar-refractivity contribution >= 4 is 44.1 Å². The Balaban J connectivity index is 1.70. The molecule has 156 valence electrons. The zero-order chi connectivity index (χ0) is 21.8. The number of allylic oxidation sites excluding steroid dienone is 2. The van der Waals surface area contributed by atoms with Crippen molar-refractivity contribution in [2.24, 2.45) is 5.41 Å². The lowest BCUT2D eigenvalue weighted by Gasteiger charge is -2.43. The minimum Gasteiger partial charge on any atom is -0.294 e. The SMILES string of the molecule is CC1(C)CC(=O)C2=C(C1)N(c1ccccc1Br)C(=O)CC2c1ccc2ccccc2c1. The van der Waals surface area contributed by atoms with Crippen LogP contribution in [0.25, 0.3) is 10.8 Å². The van der Waals surface area contributed by atoms with E-state index >= 15 is 0 Å². The second kappa shape index (κ2) is 7.45. The number of nitrogens with zero attached hydrogens (tertiary/aromatic N) is 1. The maximum absolute atomic E-state index is 13.5. The van der Waals surface area contributed by atoms with Gasteiger partial charge in [0.1, 0.15) is 0 Å². The number of carbonyl (C=O) groups excluding carboxylic acids is 2. The zero-order valence-electron chi connectivity index (χ0n) is 17.7. The van der Waals surface area contributed by atoms with Gasteiger partial charge in [-0.25, -0.2) is 0 Å². The molecule has 0 bridgehead atoms. The lowest BCUT2D eigenvalue weighted by atomic mass is 9.69. The smallest absolute Gasteiger partial charge is 0.232 e. The molecule has 2 aliphatic rings. The minimum atomic E-state index is -0.200. The molecule has 3 aromatic carbocycles. The van der Waals surface area contributed by atoms with Gasteiger partial charge < -0.3 is 0 Å². The number of halogens is 1. The maximum Gasteiger partial charge on any atom is 0.232 e. The summed E-state index contributed by atoms with van der Waals surface area (Å²) >= 11 is 3.61. The molecule has 5 rings (SSSR count). The highest BCUT2D eigenvalue weighted by molar-refractivity contribution is 9.10. The topological polar surface area (TPSA) is 37.4 Å². The molecule has 0 saturated heterocycles. The quantitative estimate of drug-likeness (QED) is 0.411. The lowest BCUT2D eigenvalue weighted by Crippen LogP contribution is -2.43. The predicted octanol–water partition coefficient (Wildman–Crippen LogP) is 6.77. The lowest BCUT2D eigenvalue weighted by molar-refractivity contribution is -0.121. The Labute approximate surface area is 190 Å². The summed E-state index contributed by atoms with van der Waals surface area (Å²) in [6.45, 7) is 4.22. The first kappa shape index (κ1) is 20.2. The summed E-state index contributed by atoms with van der Waals surface area (Å²) in [4.78, 5) is 28.8. The minimum absolute atomic E-state index is 0.0364. The van der Waals surface area contributed by atoms with E-state index < -0.39 is 0 Å². The average Bonchev–Trinajstić information content (AvgIpc) is 2.73. The van der Waals surface area contributed by atoms with Crippen molar-refractivity contribution < 1.29 is 9.59 Å². The first-order valence-corrected chi connectivity index (χ1v) is 11.5. The molecule has 0 saturated carbocycles. The van der Waals surface area contributed by atoms with Gasteiger partial charge in [0.05, 0.1) is 5.69 Å². The molecule has 0 N–H and O–H groups in total. The van der Waals surface area contributed by atoms with Gasteiger partial charge in [-0.3, -0.25) is 14.5 Å². The summed E-state index contributed by atoms with van der Waals surface area (Å²) in [6, 6.07) is 22.3. The fourth-order valence-electron chi connectivity index (χ4n) is 5.04. The molecule has 3 nitrogen and oxygen atoms in total. The Hall–Kier alpha value is -2.72. The Bertz CT molecular complexity index is 1260. The van der Waals surface area contributed by atoms with Crippen LogP contribution in [0.5, 0.6) is 0 Å². The van der Waals surface area contributed by atoms with Crippen LogP contribution in [0.2, 0.25) is 0 Å². The van der Waals surface area contributed by atoms with Gasteiger partial charge in [0.25, 0.3) is 0 Å². The Kier molecular flexibility index (Phi) is 4.86. The van der Waals surface area contributed by atoms with Gasteiger partial charge in [-0.2, -0.15) is 0 Å². The molecule has 0 radical (unpaired) electrons. The van der Waals surface area contributed by atoms with Crippen molar-refractivity contribution in [3.8, 4) is 0 Å². The number of carbonyl (C=O) groups is 2. The summed E-state index contributed by atoms with van der Waals surface area (Å²) < 4.78 is 0.857. The van der Waals surface area contributed by atoms with Crippen LogP contribution in [0, 0.1) is 5.41 Å². The predicted molar refractivity (Wildman–Crippen MR) is 128 cm³/mol. The Morgan fingerprint density at radius 2 is 1.61 bits per heavy atom. The van der Waals surface area contributed by atoms with Crippen molar-refractivity contribution in [3.63, 3.8) is 0 Å². The van der Waals surface area contributed by atoms with Crippen LogP contribution >= 0.6 is 15.9 Å². The van der Waals surface area contributed by atoms with E-state index in [1.165, 1.54) is 0 Å². The fraction of sp³-hybridized carbons (Fsp3) is 0.259. The third-order valence-electron chi connectivity index (χ3n) is 6.41. The molecule has 1 heterocycles. The van der Waals surface area contributed by atoms with E-state index in [2.05, 4.69) is 60.1 Å². The van der Waals surface area contributed by atoms with Gasteiger partial charge in [-0.05, 0) is 56.2 Å². The van der Waals surface area contributed by atoms with Gasteiger partial charge in [-0.1, -0.05) is 68.4 Å². The average molecular weight is 474 g/mol. The molecule has 31 heavy (non-hydrogen) atoms. The molecule has 0 spiro atoms. The first-order chi connectivity index (χ1) is 14.8. The van der Waals surface area contributed by atoms with Crippen molar-refractivity contribution in [1.82, 2.24) is 0 Å². The van der Waals surface area contributed by atoms with Crippen LogP contribution in [0.3, 0.4) is 0 Å². The second-order valence-corrected chi connectivity index (χ2v) is 10.2. The largest absolute Gasteiger partial charge is 0.294 e. The number of Topliss-reactive ketones (excluding diaryl/α,β-unsaturated/α-hetero) is 1. The summed E-state index contributed by atoms with van der Waals surface area (Å²) in [5, 5.41) is 2.29. The van der Waals surface area contributed by atoms with E-state index in [4.69, 9.17) is 0 Å². The number of hydrogen-bond acceptors (Lipinski definition) is 2. The third-order valence-corrected chi connectivity index (χ3v) is 7.08. The molecule has 0 aromatic heterocycles. The Morgan fingerprint density at radius 3 is 2.39 bits per heavy atom. The molecule has 1 unspecified atom stereocenters. The van der Waals surface area contributed by atoms with E-state index in [0.29, 0.717) is 19.3 Å². The summed E-state index contributed by atoms with van der Waals surface area (Å²) in [5.74, 6) is -0.00212. The third kappa shape index (κ3) is 3.53. The number of benzene rings is 3. The molecule has 1 amide bonds. The van der Waals surface area contributed by atoms with Crippen LogP contribution < -0.4 is 4.90 Å². The number of hydrogen-bond donors (Lipinski definition) is 0.